The number of imidazole rings is 1. The predicted octanol–water partition coefficient (Wildman–Crippen LogP) is 1.96. The number of nitrogens with zero attached hydrogens (tertiary/aromatic N) is 2. The third-order valence-corrected chi connectivity index (χ3v) is 4.45. The van der Waals surface area contributed by atoms with Gasteiger partial charge in [0.25, 0.3) is 0 Å². The standard InChI is InChI=1S/C12H18N2O2S/c1-16-11(15)8-12(2-3-12)9-17-7-6-14-5-4-13-10-14/h4-5,10H,2-3,6-9H2,1H3. The highest BCUT2D eigenvalue weighted by atomic mass is 32.2. The number of rotatable bonds is 7. The molecule has 0 spiro atoms. The minimum absolute atomic E-state index is 0.0716. The Morgan fingerprint density at radius 2 is 2.41 bits per heavy atom. The first-order valence-electron chi connectivity index (χ1n) is 5.84. The second kappa shape index (κ2) is 5.58. The van der Waals surface area contributed by atoms with Gasteiger partial charge in [0.1, 0.15) is 0 Å². The van der Waals surface area contributed by atoms with Gasteiger partial charge in [0, 0.05) is 24.7 Å². The first-order valence-corrected chi connectivity index (χ1v) is 7.00. The topological polar surface area (TPSA) is 44.1 Å². The molecule has 0 aromatic carbocycles. The summed E-state index contributed by atoms with van der Waals surface area (Å²) in [5.41, 5.74) is 0.243. The lowest BCUT2D eigenvalue weighted by Gasteiger charge is -2.12. The first kappa shape index (κ1) is 12.5. The number of aromatic nitrogens is 2. The number of carbonyl (C=O) groups excluding carboxylic acids is 1. The van der Waals surface area contributed by atoms with E-state index in [9.17, 15) is 4.79 Å². The second-order valence-electron chi connectivity index (χ2n) is 4.61. The van der Waals surface area contributed by atoms with Gasteiger partial charge in [0.2, 0.25) is 0 Å². The van der Waals surface area contributed by atoms with E-state index < -0.39 is 0 Å². The smallest absolute Gasteiger partial charge is 0.306 e. The number of ether oxygens (including phenoxy) is 1. The van der Waals surface area contributed by atoms with Gasteiger partial charge in [-0.2, -0.15) is 11.8 Å². The summed E-state index contributed by atoms with van der Waals surface area (Å²) in [5.74, 6) is 2.06. The molecule has 2 rings (SSSR count). The highest BCUT2D eigenvalue weighted by Gasteiger charge is 2.44. The van der Waals surface area contributed by atoms with Gasteiger partial charge in [0.15, 0.2) is 0 Å². The summed E-state index contributed by atoms with van der Waals surface area (Å²) >= 11 is 1.92. The SMILES string of the molecule is COC(=O)CC1(CSCCn2ccnc2)CC1. The molecule has 5 heteroatoms. The van der Waals surface area contributed by atoms with E-state index in [2.05, 4.69) is 9.55 Å². The Bertz CT molecular complexity index is 361. The largest absolute Gasteiger partial charge is 0.469 e. The van der Waals surface area contributed by atoms with Crippen LogP contribution >= 0.6 is 11.8 Å². The van der Waals surface area contributed by atoms with Crippen molar-refractivity contribution in [2.75, 3.05) is 18.6 Å². The Balaban J connectivity index is 1.63. The zero-order valence-electron chi connectivity index (χ0n) is 10.1. The number of hydrogen-bond donors (Lipinski definition) is 0. The van der Waals surface area contributed by atoms with Crippen LogP contribution in [0, 0.1) is 5.41 Å². The number of hydrogen-bond acceptors (Lipinski definition) is 4. The molecule has 0 atom stereocenters. The molecule has 0 radical (unpaired) electrons. The Morgan fingerprint density at radius 3 is 3.00 bits per heavy atom. The summed E-state index contributed by atoms with van der Waals surface area (Å²) in [4.78, 5) is 15.2. The van der Waals surface area contributed by atoms with Crippen molar-refractivity contribution >= 4 is 17.7 Å². The van der Waals surface area contributed by atoms with E-state index in [1.165, 1.54) is 20.0 Å². The van der Waals surface area contributed by atoms with Gasteiger partial charge in [-0.25, -0.2) is 4.98 Å². The van der Waals surface area contributed by atoms with Gasteiger partial charge in [-0.15, -0.1) is 0 Å². The maximum atomic E-state index is 11.2. The van der Waals surface area contributed by atoms with Crippen molar-refractivity contribution in [2.45, 2.75) is 25.8 Å². The maximum absolute atomic E-state index is 11.2. The molecule has 1 saturated carbocycles. The van der Waals surface area contributed by atoms with Crippen molar-refractivity contribution in [3.8, 4) is 0 Å². The van der Waals surface area contributed by atoms with Crippen LogP contribution in [-0.2, 0) is 16.1 Å². The van der Waals surface area contributed by atoms with Crippen molar-refractivity contribution in [2.24, 2.45) is 5.41 Å². The van der Waals surface area contributed by atoms with Gasteiger partial charge < -0.3 is 9.30 Å². The molecule has 4 nitrogen and oxygen atoms in total. The normalized spacial score (nSPS) is 16.8. The molecule has 0 unspecified atom stereocenters. The summed E-state index contributed by atoms with van der Waals surface area (Å²) in [7, 11) is 1.46. The number of thioether (sulfide) groups is 1. The van der Waals surface area contributed by atoms with Crippen molar-refractivity contribution in [1.82, 2.24) is 9.55 Å². The van der Waals surface area contributed by atoms with Crippen LogP contribution in [0.4, 0.5) is 0 Å². The van der Waals surface area contributed by atoms with E-state index >= 15 is 0 Å². The van der Waals surface area contributed by atoms with Crippen LogP contribution in [0.1, 0.15) is 19.3 Å². The van der Waals surface area contributed by atoms with Crippen LogP contribution < -0.4 is 0 Å². The molecule has 94 valence electrons. The number of methoxy groups -OCH3 is 1. The Labute approximate surface area is 106 Å². The van der Waals surface area contributed by atoms with Crippen molar-refractivity contribution in [3.05, 3.63) is 18.7 Å². The molecule has 0 amide bonds. The summed E-state index contributed by atoms with van der Waals surface area (Å²) in [5, 5.41) is 0. The van der Waals surface area contributed by atoms with Gasteiger partial charge in [-0.05, 0) is 24.0 Å². The van der Waals surface area contributed by atoms with Crippen LogP contribution in [0.25, 0.3) is 0 Å². The molecule has 1 aliphatic carbocycles. The number of esters is 1. The van der Waals surface area contributed by atoms with E-state index in [-0.39, 0.29) is 11.4 Å². The van der Waals surface area contributed by atoms with E-state index in [0.29, 0.717) is 6.42 Å². The summed E-state index contributed by atoms with van der Waals surface area (Å²) in [6, 6.07) is 0. The van der Waals surface area contributed by atoms with Crippen LogP contribution in [0.15, 0.2) is 18.7 Å². The number of aryl methyl sites for hydroxylation is 1. The fourth-order valence-corrected chi connectivity index (χ4v) is 3.11. The maximum Gasteiger partial charge on any atom is 0.306 e. The Hall–Kier alpha value is -0.970. The second-order valence-corrected chi connectivity index (χ2v) is 5.71. The van der Waals surface area contributed by atoms with Crippen molar-refractivity contribution < 1.29 is 9.53 Å². The fraction of sp³-hybridized carbons (Fsp3) is 0.667. The lowest BCUT2D eigenvalue weighted by Crippen LogP contribution is -2.13. The molecule has 1 heterocycles. The molecule has 1 aromatic heterocycles. The molecule has 1 aromatic rings. The van der Waals surface area contributed by atoms with E-state index in [0.717, 1.165) is 18.1 Å². The van der Waals surface area contributed by atoms with E-state index in [1.54, 1.807) is 6.20 Å². The molecule has 1 aliphatic rings. The highest BCUT2D eigenvalue weighted by molar-refractivity contribution is 7.99. The van der Waals surface area contributed by atoms with Gasteiger partial charge in [-0.1, -0.05) is 0 Å². The molecule has 0 aliphatic heterocycles. The van der Waals surface area contributed by atoms with Gasteiger partial charge in [-0.3, -0.25) is 4.79 Å². The molecule has 0 N–H and O–H groups in total. The average molecular weight is 254 g/mol. The van der Waals surface area contributed by atoms with E-state index in [4.69, 9.17) is 4.74 Å². The van der Waals surface area contributed by atoms with Crippen LogP contribution in [-0.4, -0.2) is 34.1 Å². The van der Waals surface area contributed by atoms with Crippen LogP contribution in [0.3, 0.4) is 0 Å². The molecule has 1 fully saturated rings. The third-order valence-electron chi connectivity index (χ3n) is 3.17. The molecular weight excluding hydrogens is 236 g/mol. The minimum Gasteiger partial charge on any atom is -0.469 e. The Kier molecular flexibility index (Phi) is 4.10. The first-order chi connectivity index (χ1) is 8.24. The summed E-state index contributed by atoms with van der Waals surface area (Å²) in [6.45, 7) is 0.985. The summed E-state index contributed by atoms with van der Waals surface area (Å²) < 4.78 is 6.81. The zero-order valence-corrected chi connectivity index (χ0v) is 10.9. The van der Waals surface area contributed by atoms with Gasteiger partial charge in [0.05, 0.1) is 19.9 Å². The lowest BCUT2D eigenvalue weighted by molar-refractivity contribution is -0.141. The average Bonchev–Trinajstić information content (AvgIpc) is 2.89. The van der Waals surface area contributed by atoms with Crippen LogP contribution in [0.2, 0.25) is 0 Å². The zero-order chi connectivity index (χ0) is 12.1. The minimum atomic E-state index is -0.0716. The summed E-state index contributed by atoms with van der Waals surface area (Å²) in [6.07, 6.45) is 8.52. The van der Waals surface area contributed by atoms with Crippen molar-refractivity contribution in [3.63, 3.8) is 0 Å². The predicted molar refractivity (Wildman–Crippen MR) is 67.9 cm³/mol. The molecule has 0 bridgehead atoms. The number of carbonyl (C=O) groups is 1. The van der Waals surface area contributed by atoms with E-state index in [1.807, 2.05) is 24.3 Å². The quantitative estimate of drug-likeness (QED) is 0.551. The molecule has 17 heavy (non-hydrogen) atoms. The monoisotopic (exact) mass is 254 g/mol. The Morgan fingerprint density at radius 1 is 1.59 bits per heavy atom. The van der Waals surface area contributed by atoms with Gasteiger partial charge >= 0.3 is 5.97 Å². The molecule has 0 saturated heterocycles. The molecular formula is C12H18N2O2S. The third kappa shape index (κ3) is 3.77. The lowest BCUT2D eigenvalue weighted by atomic mass is 10.1. The van der Waals surface area contributed by atoms with Crippen molar-refractivity contribution in [1.29, 1.82) is 0 Å². The van der Waals surface area contributed by atoms with Crippen LogP contribution in [0.5, 0.6) is 0 Å². The highest BCUT2D eigenvalue weighted by Crippen LogP contribution is 2.51. The fourth-order valence-electron chi connectivity index (χ4n) is 1.80.